The summed E-state index contributed by atoms with van der Waals surface area (Å²) in [6.07, 6.45) is 2.67. The molecule has 0 aliphatic carbocycles. The third kappa shape index (κ3) is 4.45. The molecular weight excluding hydrogens is 410 g/mol. The van der Waals surface area contributed by atoms with Gasteiger partial charge in [0.15, 0.2) is 0 Å². The lowest BCUT2D eigenvalue weighted by Crippen LogP contribution is -2.24. The average Bonchev–Trinajstić information content (AvgIpc) is 2.74. The van der Waals surface area contributed by atoms with Crippen LogP contribution in [-0.4, -0.2) is 43.7 Å². The van der Waals surface area contributed by atoms with Crippen LogP contribution >= 0.6 is 0 Å². The SMILES string of the molecule is Cc1cccn2c(=O)c(C=NNc3ccc([N+](=O)[O-])cc3[N+](=O)[O-])c(NCCO)nc12. The summed E-state index contributed by atoms with van der Waals surface area (Å²) in [5.74, 6) is 0.178. The summed E-state index contributed by atoms with van der Waals surface area (Å²) in [4.78, 5) is 37.9. The molecule has 31 heavy (non-hydrogen) atoms. The molecule has 0 saturated carbocycles. The van der Waals surface area contributed by atoms with Crippen molar-refractivity contribution in [3.05, 3.63) is 78.2 Å². The van der Waals surface area contributed by atoms with Crippen molar-refractivity contribution in [2.24, 2.45) is 5.10 Å². The molecule has 2 aromatic heterocycles. The number of hydrogen-bond acceptors (Lipinski definition) is 10. The zero-order valence-electron chi connectivity index (χ0n) is 16.2. The number of benzene rings is 1. The van der Waals surface area contributed by atoms with E-state index >= 15 is 0 Å². The van der Waals surface area contributed by atoms with Gasteiger partial charge in [0.05, 0.1) is 28.7 Å². The Morgan fingerprint density at radius 1 is 1.26 bits per heavy atom. The first-order valence-electron chi connectivity index (χ1n) is 8.92. The minimum Gasteiger partial charge on any atom is -0.395 e. The van der Waals surface area contributed by atoms with Crippen LogP contribution in [0.3, 0.4) is 0 Å². The number of non-ortho nitro benzene ring substituents is 1. The lowest BCUT2D eigenvalue weighted by atomic mass is 10.2. The normalized spacial score (nSPS) is 11.0. The lowest BCUT2D eigenvalue weighted by Gasteiger charge is -2.11. The first kappa shape index (κ1) is 21.3. The van der Waals surface area contributed by atoms with Gasteiger partial charge in [0.2, 0.25) is 0 Å². The van der Waals surface area contributed by atoms with Gasteiger partial charge in [-0.05, 0) is 24.6 Å². The van der Waals surface area contributed by atoms with Crippen molar-refractivity contribution in [3.63, 3.8) is 0 Å². The van der Waals surface area contributed by atoms with Crippen molar-refractivity contribution in [3.8, 4) is 0 Å². The minimum absolute atomic E-state index is 0.0496. The van der Waals surface area contributed by atoms with E-state index in [1.54, 1.807) is 25.3 Å². The summed E-state index contributed by atoms with van der Waals surface area (Å²) in [7, 11) is 0. The lowest BCUT2D eigenvalue weighted by molar-refractivity contribution is -0.393. The number of nitrogens with one attached hydrogen (secondary N) is 2. The third-order valence-corrected chi connectivity index (χ3v) is 4.26. The number of nitrogens with zero attached hydrogens (tertiary/aromatic N) is 5. The molecule has 0 unspecified atom stereocenters. The van der Waals surface area contributed by atoms with E-state index in [4.69, 9.17) is 5.11 Å². The number of aliphatic hydroxyl groups excluding tert-OH is 1. The highest BCUT2D eigenvalue weighted by atomic mass is 16.6. The van der Waals surface area contributed by atoms with E-state index in [-0.39, 0.29) is 30.2 Å². The highest BCUT2D eigenvalue weighted by Gasteiger charge is 2.19. The molecule has 0 aliphatic rings. The number of rotatable bonds is 8. The quantitative estimate of drug-likeness (QED) is 0.274. The number of anilines is 2. The molecule has 13 nitrogen and oxygen atoms in total. The summed E-state index contributed by atoms with van der Waals surface area (Å²) >= 11 is 0. The van der Waals surface area contributed by atoms with Crippen LogP contribution in [0.1, 0.15) is 11.1 Å². The van der Waals surface area contributed by atoms with Crippen molar-refractivity contribution in [1.82, 2.24) is 9.38 Å². The van der Waals surface area contributed by atoms with Crippen LogP contribution in [0.2, 0.25) is 0 Å². The van der Waals surface area contributed by atoms with E-state index in [1.807, 2.05) is 0 Å². The van der Waals surface area contributed by atoms with E-state index in [1.165, 1.54) is 4.40 Å². The summed E-state index contributed by atoms with van der Waals surface area (Å²) < 4.78 is 1.33. The Labute approximate surface area is 174 Å². The van der Waals surface area contributed by atoms with Crippen molar-refractivity contribution in [1.29, 1.82) is 0 Å². The molecule has 3 aromatic rings. The molecule has 0 amide bonds. The maximum absolute atomic E-state index is 12.9. The topological polar surface area (TPSA) is 177 Å². The number of aryl methyl sites for hydroxylation is 1. The predicted octanol–water partition coefficient (Wildman–Crippen LogP) is 1.67. The molecule has 0 fully saturated rings. The van der Waals surface area contributed by atoms with Crippen molar-refractivity contribution >= 4 is 34.7 Å². The second-order valence-corrected chi connectivity index (χ2v) is 6.30. The molecule has 2 heterocycles. The van der Waals surface area contributed by atoms with E-state index in [2.05, 4.69) is 20.8 Å². The van der Waals surface area contributed by atoms with Gasteiger partial charge in [-0.2, -0.15) is 5.10 Å². The number of aromatic nitrogens is 2. The highest BCUT2D eigenvalue weighted by Crippen LogP contribution is 2.28. The molecule has 1 aromatic carbocycles. The molecule has 3 rings (SSSR count). The zero-order valence-corrected chi connectivity index (χ0v) is 16.2. The predicted molar refractivity (Wildman–Crippen MR) is 113 cm³/mol. The second kappa shape index (κ2) is 8.96. The molecule has 0 bridgehead atoms. The maximum atomic E-state index is 12.9. The number of fused-ring (bicyclic) bond motifs is 1. The molecule has 160 valence electrons. The van der Waals surface area contributed by atoms with Gasteiger partial charge in [-0.15, -0.1) is 0 Å². The Morgan fingerprint density at radius 3 is 2.71 bits per heavy atom. The Bertz CT molecular complexity index is 1250. The van der Waals surface area contributed by atoms with Gasteiger partial charge < -0.3 is 10.4 Å². The van der Waals surface area contributed by atoms with E-state index < -0.39 is 26.8 Å². The molecule has 0 aliphatic heterocycles. The van der Waals surface area contributed by atoms with Crippen LogP contribution in [0.25, 0.3) is 5.65 Å². The van der Waals surface area contributed by atoms with Gasteiger partial charge in [-0.1, -0.05) is 6.07 Å². The number of pyridine rings is 1. The molecule has 0 atom stereocenters. The third-order valence-electron chi connectivity index (χ3n) is 4.26. The number of hydrazone groups is 1. The number of nitro benzene ring substituents is 2. The zero-order chi connectivity index (χ0) is 22.5. The Balaban J connectivity index is 2.01. The van der Waals surface area contributed by atoms with Gasteiger partial charge in [0.1, 0.15) is 22.7 Å². The van der Waals surface area contributed by atoms with Crippen molar-refractivity contribution in [2.45, 2.75) is 6.92 Å². The smallest absolute Gasteiger partial charge is 0.301 e. The van der Waals surface area contributed by atoms with Gasteiger partial charge >= 0.3 is 5.69 Å². The first-order chi connectivity index (χ1) is 14.8. The Morgan fingerprint density at radius 2 is 2.03 bits per heavy atom. The van der Waals surface area contributed by atoms with E-state index in [0.717, 1.165) is 30.0 Å². The number of nitro groups is 2. The fourth-order valence-corrected chi connectivity index (χ4v) is 2.78. The van der Waals surface area contributed by atoms with Crippen molar-refractivity contribution in [2.75, 3.05) is 23.9 Å². The summed E-state index contributed by atoms with van der Waals surface area (Å²) in [5, 5.41) is 37.9. The van der Waals surface area contributed by atoms with Gasteiger partial charge in [0.25, 0.3) is 11.2 Å². The number of aliphatic hydroxyl groups is 1. The summed E-state index contributed by atoms with van der Waals surface area (Å²) in [6.45, 7) is 1.73. The maximum Gasteiger partial charge on any atom is 0.301 e. The van der Waals surface area contributed by atoms with Gasteiger partial charge in [0, 0.05) is 18.8 Å². The second-order valence-electron chi connectivity index (χ2n) is 6.30. The molecule has 3 N–H and O–H groups in total. The average molecular weight is 427 g/mol. The van der Waals surface area contributed by atoms with E-state index in [9.17, 15) is 25.0 Å². The molecule has 13 heteroatoms. The van der Waals surface area contributed by atoms with Gasteiger partial charge in [-0.3, -0.25) is 34.8 Å². The van der Waals surface area contributed by atoms with Crippen molar-refractivity contribution < 1.29 is 15.0 Å². The Kier molecular flexibility index (Phi) is 6.16. The van der Waals surface area contributed by atoms with Crippen LogP contribution in [0.15, 0.2) is 46.4 Å². The molecule has 0 radical (unpaired) electrons. The fraction of sp³-hybridized carbons (Fsp3) is 0.167. The molecular formula is C18H17N7O6. The highest BCUT2D eigenvalue weighted by molar-refractivity contribution is 5.87. The largest absolute Gasteiger partial charge is 0.395 e. The van der Waals surface area contributed by atoms with Crippen LogP contribution < -0.4 is 16.3 Å². The van der Waals surface area contributed by atoms with Crippen LogP contribution in [0.4, 0.5) is 22.9 Å². The minimum atomic E-state index is -0.783. The van der Waals surface area contributed by atoms with Crippen LogP contribution in [0.5, 0.6) is 0 Å². The molecule has 0 spiro atoms. The van der Waals surface area contributed by atoms with E-state index in [0.29, 0.717) is 5.65 Å². The summed E-state index contributed by atoms with van der Waals surface area (Å²) in [5.41, 5.74) is 2.13. The Hall–Kier alpha value is -4.39. The standard InChI is InChI=1S/C18H17N7O6/c1-11-3-2-7-23-17(11)21-16(19-6-8-26)13(18(23)27)10-20-22-14-5-4-12(24(28)29)9-15(14)25(30)31/h2-5,7,9-10,19,22,26H,6,8H2,1H3. The number of hydrogen-bond donors (Lipinski definition) is 3. The first-order valence-corrected chi connectivity index (χ1v) is 8.92. The van der Waals surface area contributed by atoms with Crippen LogP contribution in [-0.2, 0) is 0 Å². The summed E-state index contributed by atoms with van der Waals surface area (Å²) in [6, 6.07) is 6.52. The van der Waals surface area contributed by atoms with Crippen LogP contribution in [0, 0.1) is 27.2 Å². The molecule has 0 saturated heterocycles. The van der Waals surface area contributed by atoms with Gasteiger partial charge in [-0.25, -0.2) is 4.98 Å². The fourth-order valence-electron chi connectivity index (χ4n) is 2.78. The monoisotopic (exact) mass is 427 g/mol.